The standard InChI is InChI=1S/C25H27N3O3/c1-19(25(30)27-17-21-12-14-26-15-13-21)28(18-22-8-10-23(31-2)11-9-22)24(29)16-20-6-4-3-5-7-20/h3-15,19H,16-18H2,1-2H3,(H,27,30)/t19-/m0/s1. The second-order valence-corrected chi connectivity index (χ2v) is 7.28. The number of carbonyl (C=O) groups excluding carboxylic acids is 2. The van der Waals surface area contributed by atoms with Crippen molar-refractivity contribution in [3.8, 4) is 5.75 Å². The second kappa shape index (κ2) is 10.9. The molecule has 0 saturated heterocycles. The third kappa shape index (κ3) is 6.40. The number of hydrogen-bond acceptors (Lipinski definition) is 4. The number of rotatable bonds is 9. The van der Waals surface area contributed by atoms with Crippen LogP contribution in [0.5, 0.6) is 5.75 Å². The molecule has 0 radical (unpaired) electrons. The number of ether oxygens (including phenoxy) is 1. The Morgan fingerprint density at radius 3 is 2.26 bits per heavy atom. The highest BCUT2D eigenvalue weighted by Crippen LogP contribution is 2.16. The Bertz CT molecular complexity index is 976. The maximum atomic E-state index is 13.2. The molecule has 0 spiro atoms. The molecule has 0 saturated carbocycles. The number of nitrogens with zero attached hydrogens (tertiary/aromatic N) is 2. The first-order chi connectivity index (χ1) is 15.1. The Kier molecular flexibility index (Phi) is 7.76. The molecule has 1 aromatic heterocycles. The van der Waals surface area contributed by atoms with Gasteiger partial charge in [0.2, 0.25) is 11.8 Å². The Morgan fingerprint density at radius 1 is 0.935 bits per heavy atom. The van der Waals surface area contributed by atoms with Crippen molar-refractivity contribution >= 4 is 11.8 Å². The molecule has 0 unspecified atom stereocenters. The topological polar surface area (TPSA) is 71.5 Å². The average Bonchev–Trinajstić information content (AvgIpc) is 2.82. The van der Waals surface area contributed by atoms with Crippen molar-refractivity contribution in [2.45, 2.75) is 32.5 Å². The van der Waals surface area contributed by atoms with Gasteiger partial charge in [-0.25, -0.2) is 0 Å². The highest BCUT2D eigenvalue weighted by molar-refractivity contribution is 5.88. The number of amides is 2. The molecule has 0 aliphatic heterocycles. The number of carbonyl (C=O) groups is 2. The first kappa shape index (κ1) is 22.0. The Labute approximate surface area is 182 Å². The van der Waals surface area contributed by atoms with E-state index >= 15 is 0 Å². The van der Waals surface area contributed by atoms with Gasteiger partial charge in [0.1, 0.15) is 11.8 Å². The molecule has 3 aromatic rings. The molecule has 2 amide bonds. The highest BCUT2D eigenvalue weighted by atomic mass is 16.5. The van der Waals surface area contributed by atoms with Crippen LogP contribution in [0.25, 0.3) is 0 Å². The number of aromatic nitrogens is 1. The van der Waals surface area contributed by atoms with Crippen LogP contribution >= 0.6 is 0 Å². The maximum Gasteiger partial charge on any atom is 0.242 e. The quantitative estimate of drug-likeness (QED) is 0.580. The summed E-state index contributed by atoms with van der Waals surface area (Å²) >= 11 is 0. The molecule has 0 aliphatic carbocycles. The van der Waals surface area contributed by atoms with E-state index in [-0.39, 0.29) is 18.2 Å². The normalized spacial score (nSPS) is 11.4. The number of benzene rings is 2. The fourth-order valence-corrected chi connectivity index (χ4v) is 3.22. The minimum atomic E-state index is -0.625. The van der Waals surface area contributed by atoms with Crippen molar-refractivity contribution in [1.29, 1.82) is 0 Å². The van der Waals surface area contributed by atoms with E-state index in [4.69, 9.17) is 4.74 Å². The van der Waals surface area contributed by atoms with Crippen LogP contribution in [-0.4, -0.2) is 34.8 Å². The van der Waals surface area contributed by atoms with Crippen LogP contribution in [0.4, 0.5) is 0 Å². The zero-order chi connectivity index (χ0) is 22.1. The van der Waals surface area contributed by atoms with Gasteiger partial charge in [-0.15, -0.1) is 0 Å². The summed E-state index contributed by atoms with van der Waals surface area (Å²) in [6.07, 6.45) is 3.60. The van der Waals surface area contributed by atoms with E-state index in [1.54, 1.807) is 31.3 Å². The maximum absolute atomic E-state index is 13.2. The predicted octanol–water partition coefficient (Wildman–Crippen LogP) is 3.37. The molecule has 0 bridgehead atoms. The first-order valence-electron chi connectivity index (χ1n) is 10.2. The minimum Gasteiger partial charge on any atom is -0.497 e. The molecular weight excluding hydrogens is 390 g/mol. The summed E-state index contributed by atoms with van der Waals surface area (Å²) in [6.45, 7) is 2.47. The molecule has 2 aromatic carbocycles. The van der Waals surface area contributed by atoms with Gasteiger partial charge in [0.15, 0.2) is 0 Å². The molecule has 1 N–H and O–H groups in total. The van der Waals surface area contributed by atoms with E-state index in [0.29, 0.717) is 13.1 Å². The summed E-state index contributed by atoms with van der Waals surface area (Å²) in [5.41, 5.74) is 2.79. The molecule has 0 aliphatic rings. The third-order valence-electron chi connectivity index (χ3n) is 5.09. The van der Waals surface area contributed by atoms with Gasteiger partial charge in [-0.3, -0.25) is 14.6 Å². The monoisotopic (exact) mass is 417 g/mol. The predicted molar refractivity (Wildman–Crippen MR) is 119 cm³/mol. The van der Waals surface area contributed by atoms with Crippen LogP contribution in [0.1, 0.15) is 23.6 Å². The summed E-state index contributed by atoms with van der Waals surface area (Å²) in [4.78, 5) is 31.6. The fraction of sp³-hybridized carbons (Fsp3) is 0.240. The molecule has 6 nitrogen and oxygen atoms in total. The SMILES string of the molecule is COc1ccc(CN(C(=O)Cc2ccccc2)[C@@H](C)C(=O)NCc2ccncc2)cc1. The van der Waals surface area contributed by atoms with E-state index < -0.39 is 6.04 Å². The molecule has 3 rings (SSSR count). The van der Waals surface area contributed by atoms with Crippen molar-refractivity contribution < 1.29 is 14.3 Å². The lowest BCUT2D eigenvalue weighted by Crippen LogP contribution is -2.47. The summed E-state index contributed by atoms with van der Waals surface area (Å²) in [5.74, 6) is 0.439. The van der Waals surface area contributed by atoms with Gasteiger partial charge >= 0.3 is 0 Å². The van der Waals surface area contributed by atoms with E-state index in [1.165, 1.54) is 0 Å². The van der Waals surface area contributed by atoms with Gasteiger partial charge < -0.3 is 15.0 Å². The Balaban J connectivity index is 1.73. The van der Waals surface area contributed by atoms with Crippen molar-refractivity contribution in [1.82, 2.24) is 15.2 Å². The van der Waals surface area contributed by atoms with Crippen LogP contribution in [0, 0.1) is 0 Å². The lowest BCUT2D eigenvalue weighted by molar-refractivity contribution is -0.140. The fourth-order valence-electron chi connectivity index (χ4n) is 3.22. The zero-order valence-electron chi connectivity index (χ0n) is 17.8. The summed E-state index contributed by atoms with van der Waals surface area (Å²) in [6, 6.07) is 20.1. The van der Waals surface area contributed by atoms with E-state index in [0.717, 1.165) is 22.4 Å². The van der Waals surface area contributed by atoms with Crippen LogP contribution in [-0.2, 0) is 29.1 Å². The molecule has 1 atom stereocenters. The van der Waals surface area contributed by atoms with Gasteiger partial charge in [-0.1, -0.05) is 42.5 Å². The van der Waals surface area contributed by atoms with Crippen molar-refractivity contribution in [3.63, 3.8) is 0 Å². The smallest absolute Gasteiger partial charge is 0.242 e. The van der Waals surface area contributed by atoms with Crippen molar-refractivity contribution in [3.05, 3.63) is 95.8 Å². The number of pyridine rings is 1. The summed E-state index contributed by atoms with van der Waals surface area (Å²) in [7, 11) is 1.61. The average molecular weight is 418 g/mol. The largest absolute Gasteiger partial charge is 0.497 e. The van der Waals surface area contributed by atoms with Crippen LogP contribution in [0.3, 0.4) is 0 Å². The van der Waals surface area contributed by atoms with E-state index in [2.05, 4.69) is 10.3 Å². The number of nitrogens with one attached hydrogen (secondary N) is 1. The number of methoxy groups -OCH3 is 1. The van der Waals surface area contributed by atoms with Gasteiger partial charge in [-0.05, 0) is 47.9 Å². The van der Waals surface area contributed by atoms with Crippen molar-refractivity contribution in [2.75, 3.05) is 7.11 Å². The highest BCUT2D eigenvalue weighted by Gasteiger charge is 2.26. The van der Waals surface area contributed by atoms with Crippen molar-refractivity contribution in [2.24, 2.45) is 0 Å². The molecule has 0 fully saturated rings. The van der Waals surface area contributed by atoms with E-state index in [9.17, 15) is 9.59 Å². The van der Waals surface area contributed by atoms with Gasteiger partial charge in [-0.2, -0.15) is 0 Å². The van der Waals surface area contributed by atoms with Crippen LogP contribution in [0.2, 0.25) is 0 Å². The van der Waals surface area contributed by atoms with E-state index in [1.807, 2.05) is 66.7 Å². The molecule has 160 valence electrons. The second-order valence-electron chi connectivity index (χ2n) is 7.28. The van der Waals surface area contributed by atoms with Gasteiger partial charge in [0.25, 0.3) is 0 Å². The third-order valence-corrected chi connectivity index (χ3v) is 5.09. The van der Waals surface area contributed by atoms with Crippen LogP contribution in [0.15, 0.2) is 79.1 Å². The molecule has 31 heavy (non-hydrogen) atoms. The van der Waals surface area contributed by atoms with Gasteiger partial charge in [0, 0.05) is 25.5 Å². The summed E-state index contributed by atoms with van der Waals surface area (Å²) in [5, 5.41) is 2.92. The lowest BCUT2D eigenvalue weighted by atomic mass is 10.1. The zero-order valence-corrected chi connectivity index (χ0v) is 17.8. The number of hydrogen-bond donors (Lipinski definition) is 1. The minimum absolute atomic E-state index is 0.103. The summed E-state index contributed by atoms with van der Waals surface area (Å²) < 4.78 is 5.21. The molecule has 1 heterocycles. The lowest BCUT2D eigenvalue weighted by Gasteiger charge is -2.29. The van der Waals surface area contributed by atoms with Crippen LogP contribution < -0.4 is 10.1 Å². The van der Waals surface area contributed by atoms with Gasteiger partial charge in [0.05, 0.1) is 13.5 Å². The molecule has 6 heteroatoms. The Hall–Kier alpha value is -3.67. The molecular formula is C25H27N3O3. The Morgan fingerprint density at radius 2 is 1.61 bits per heavy atom. The first-order valence-corrected chi connectivity index (χ1v) is 10.2.